The fourth-order valence-corrected chi connectivity index (χ4v) is 2.66. The van der Waals surface area contributed by atoms with Gasteiger partial charge in [-0.3, -0.25) is 0 Å². The summed E-state index contributed by atoms with van der Waals surface area (Å²) in [6.07, 6.45) is 2.91. The van der Waals surface area contributed by atoms with Gasteiger partial charge in [-0.1, -0.05) is 31.5 Å². The number of nitrogens with one attached hydrogen (secondary N) is 1. The molecule has 0 spiro atoms. The highest BCUT2D eigenvalue weighted by atomic mass is 35.5. The first-order valence-corrected chi connectivity index (χ1v) is 7.85. The number of hydrogen-bond acceptors (Lipinski definition) is 4. The van der Waals surface area contributed by atoms with Crippen LogP contribution in [0.5, 0.6) is 0 Å². The van der Waals surface area contributed by atoms with E-state index in [1.165, 1.54) is 30.6 Å². The SMILES string of the molecule is CC(C)CNc1c(-c2c(F)cccc2Cl)c(F)nc2nccnc12. The number of pyridine rings is 1. The standard InChI is InChI=1S/C17H15ClF2N4/c1-9(2)8-23-14-13(12-10(18)4-3-5-11(12)19)16(20)24-17-15(14)21-6-7-22-17/h3-7,9H,8H2,1-2H3,(H,22,23,24). The van der Waals surface area contributed by atoms with Crippen molar-refractivity contribution in [1.29, 1.82) is 0 Å². The normalized spacial score (nSPS) is 11.2. The molecule has 0 radical (unpaired) electrons. The Morgan fingerprint density at radius 1 is 1.12 bits per heavy atom. The molecule has 0 aliphatic heterocycles. The lowest BCUT2D eigenvalue weighted by Crippen LogP contribution is -2.12. The molecule has 3 aromatic rings. The number of fused-ring (bicyclic) bond motifs is 1. The van der Waals surface area contributed by atoms with Crippen LogP contribution in [0.3, 0.4) is 0 Å². The van der Waals surface area contributed by atoms with Crippen molar-refractivity contribution in [2.75, 3.05) is 11.9 Å². The van der Waals surface area contributed by atoms with Gasteiger partial charge in [0.15, 0.2) is 5.65 Å². The predicted molar refractivity (Wildman–Crippen MR) is 91.0 cm³/mol. The Bertz CT molecular complexity index is 879. The summed E-state index contributed by atoms with van der Waals surface area (Å²) in [6.45, 7) is 4.57. The van der Waals surface area contributed by atoms with Crippen molar-refractivity contribution >= 4 is 28.5 Å². The Kier molecular flexibility index (Phi) is 4.57. The van der Waals surface area contributed by atoms with Crippen molar-refractivity contribution in [3.8, 4) is 11.1 Å². The predicted octanol–water partition coefficient (Wildman–Crippen LogP) is 4.69. The molecule has 0 aliphatic rings. The molecule has 24 heavy (non-hydrogen) atoms. The molecule has 1 aromatic carbocycles. The van der Waals surface area contributed by atoms with Crippen molar-refractivity contribution < 1.29 is 8.78 Å². The Morgan fingerprint density at radius 2 is 1.88 bits per heavy atom. The number of nitrogens with zero attached hydrogens (tertiary/aromatic N) is 3. The van der Waals surface area contributed by atoms with Gasteiger partial charge in [0.25, 0.3) is 0 Å². The van der Waals surface area contributed by atoms with Gasteiger partial charge >= 0.3 is 0 Å². The van der Waals surface area contributed by atoms with Crippen molar-refractivity contribution in [2.45, 2.75) is 13.8 Å². The Hall–Kier alpha value is -2.34. The fourth-order valence-electron chi connectivity index (χ4n) is 2.40. The molecule has 124 valence electrons. The molecule has 0 saturated carbocycles. The van der Waals surface area contributed by atoms with Gasteiger partial charge in [0.2, 0.25) is 5.95 Å². The summed E-state index contributed by atoms with van der Waals surface area (Å²) >= 11 is 6.12. The van der Waals surface area contributed by atoms with Crippen LogP contribution >= 0.6 is 11.6 Å². The van der Waals surface area contributed by atoms with E-state index in [-0.39, 0.29) is 27.7 Å². The van der Waals surface area contributed by atoms with Gasteiger partial charge in [0.1, 0.15) is 11.3 Å². The number of rotatable bonds is 4. The summed E-state index contributed by atoms with van der Waals surface area (Å²) in [7, 11) is 0. The maximum absolute atomic E-state index is 14.7. The molecule has 0 atom stereocenters. The third-order valence-corrected chi connectivity index (χ3v) is 3.79. The first-order chi connectivity index (χ1) is 11.5. The van der Waals surface area contributed by atoms with Gasteiger partial charge < -0.3 is 5.32 Å². The second-order valence-corrected chi connectivity index (χ2v) is 6.16. The minimum atomic E-state index is -0.846. The van der Waals surface area contributed by atoms with Gasteiger partial charge in [-0.15, -0.1) is 0 Å². The lowest BCUT2D eigenvalue weighted by Gasteiger charge is -2.17. The van der Waals surface area contributed by atoms with E-state index in [2.05, 4.69) is 20.3 Å². The highest BCUT2D eigenvalue weighted by Crippen LogP contribution is 2.39. The topological polar surface area (TPSA) is 50.7 Å². The van der Waals surface area contributed by atoms with Gasteiger partial charge in [-0.2, -0.15) is 9.37 Å². The van der Waals surface area contributed by atoms with Gasteiger partial charge in [-0.25, -0.2) is 14.4 Å². The maximum atomic E-state index is 14.7. The monoisotopic (exact) mass is 348 g/mol. The van der Waals surface area contributed by atoms with E-state index in [4.69, 9.17) is 11.6 Å². The number of aromatic nitrogens is 3. The van der Waals surface area contributed by atoms with Gasteiger partial charge in [0, 0.05) is 24.5 Å². The van der Waals surface area contributed by atoms with E-state index in [0.717, 1.165) is 0 Å². The molecule has 0 saturated heterocycles. The Balaban J connectivity index is 2.33. The zero-order valence-electron chi connectivity index (χ0n) is 13.1. The van der Waals surface area contributed by atoms with Crippen molar-refractivity contribution in [2.24, 2.45) is 5.92 Å². The lowest BCUT2D eigenvalue weighted by atomic mass is 10.0. The average molecular weight is 349 g/mol. The molecule has 0 aliphatic carbocycles. The summed E-state index contributed by atoms with van der Waals surface area (Å²) in [5.41, 5.74) is 0.785. The minimum absolute atomic E-state index is 0.0354. The molecule has 4 nitrogen and oxygen atoms in total. The summed E-state index contributed by atoms with van der Waals surface area (Å²) < 4.78 is 29.1. The van der Waals surface area contributed by atoms with E-state index < -0.39 is 11.8 Å². The van der Waals surface area contributed by atoms with Gasteiger partial charge in [0.05, 0.1) is 16.3 Å². The quantitative estimate of drug-likeness (QED) is 0.695. The van der Waals surface area contributed by atoms with Crippen molar-refractivity contribution in [1.82, 2.24) is 15.0 Å². The van der Waals surface area contributed by atoms with Crippen LogP contribution in [0.25, 0.3) is 22.3 Å². The number of halogens is 3. The Labute approximate surface area is 142 Å². The second kappa shape index (κ2) is 6.65. The van der Waals surface area contributed by atoms with Crippen molar-refractivity contribution in [3.63, 3.8) is 0 Å². The van der Waals surface area contributed by atoms with E-state index in [0.29, 0.717) is 17.7 Å². The molecular formula is C17H15ClF2N4. The third kappa shape index (κ3) is 3.01. The second-order valence-electron chi connectivity index (χ2n) is 5.75. The highest BCUT2D eigenvalue weighted by molar-refractivity contribution is 6.33. The number of anilines is 1. The van der Waals surface area contributed by atoms with E-state index >= 15 is 0 Å². The Morgan fingerprint density at radius 3 is 2.58 bits per heavy atom. The third-order valence-electron chi connectivity index (χ3n) is 3.48. The van der Waals surface area contributed by atoms with E-state index in [9.17, 15) is 8.78 Å². The van der Waals surface area contributed by atoms with Crippen LogP contribution in [0, 0.1) is 17.7 Å². The summed E-state index contributed by atoms with van der Waals surface area (Å²) in [4.78, 5) is 12.1. The molecule has 0 unspecified atom stereocenters. The van der Waals surface area contributed by atoms with Crippen LogP contribution in [0.15, 0.2) is 30.6 Å². The van der Waals surface area contributed by atoms with Crippen molar-refractivity contribution in [3.05, 3.63) is 47.4 Å². The van der Waals surface area contributed by atoms with Crippen LogP contribution in [0.1, 0.15) is 13.8 Å². The van der Waals surface area contributed by atoms with Gasteiger partial charge in [-0.05, 0) is 18.1 Å². The van der Waals surface area contributed by atoms with Crippen LogP contribution in [0.4, 0.5) is 14.5 Å². The summed E-state index contributed by atoms with van der Waals surface area (Å²) in [5, 5.41) is 3.24. The number of benzene rings is 1. The largest absolute Gasteiger partial charge is 0.382 e. The smallest absolute Gasteiger partial charge is 0.225 e. The molecule has 0 bridgehead atoms. The van der Waals surface area contributed by atoms with Crippen LogP contribution in [-0.2, 0) is 0 Å². The van der Waals surface area contributed by atoms with Crippen LogP contribution in [-0.4, -0.2) is 21.5 Å². The minimum Gasteiger partial charge on any atom is -0.382 e. The first kappa shape index (κ1) is 16.5. The molecule has 7 heteroatoms. The molecule has 0 fully saturated rings. The first-order valence-electron chi connectivity index (χ1n) is 7.47. The molecule has 2 heterocycles. The molecule has 0 amide bonds. The zero-order valence-corrected chi connectivity index (χ0v) is 13.9. The average Bonchev–Trinajstić information content (AvgIpc) is 2.53. The number of hydrogen-bond donors (Lipinski definition) is 1. The molecule has 2 aromatic heterocycles. The van der Waals surface area contributed by atoms with Crippen LogP contribution < -0.4 is 5.32 Å². The fraction of sp³-hybridized carbons (Fsp3) is 0.235. The maximum Gasteiger partial charge on any atom is 0.225 e. The lowest BCUT2D eigenvalue weighted by molar-refractivity contribution is 0.586. The van der Waals surface area contributed by atoms with E-state index in [1.54, 1.807) is 0 Å². The summed E-state index contributed by atoms with van der Waals surface area (Å²) in [5.74, 6) is -1.18. The molecular weight excluding hydrogens is 334 g/mol. The highest BCUT2D eigenvalue weighted by Gasteiger charge is 2.23. The van der Waals surface area contributed by atoms with E-state index in [1.807, 2.05) is 13.8 Å². The molecule has 3 rings (SSSR count). The zero-order chi connectivity index (χ0) is 17.3. The molecule has 1 N–H and O–H groups in total. The summed E-state index contributed by atoms with van der Waals surface area (Å²) in [6, 6.07) is 4.20. The van der Waals surface area contributed by atoms with Crippen LogP contribution in [0.2, 0.25) is 5.02 Å².